The van der Waals surface area contributed by atoms with Crippen LogP contribution in [0.1, 0.15) is 28.9 Å². The molecule has 7 heteroatoms. The van der Waals surface area contributed by atoms with Gasteiger partial charge in [0.1, 0.15) is 18.7 Å². The predicted octanol–water partition coefficient (Wildman–Crippen LogP) is 2.90. The summed E-state index contributed by atoms with van der Waals surface area (Å²) in [4.78, 5) is 22.9. The van der Waals surface area contributed by atoms with Gasteiger partial charge in [-0.05, 0) is 43.5 Å². The van der Waals surface area contributed by atoms with E-state index in [0.29, 0.717) is 31.8 Å². The summed E-state index contributed by atoms with van der Waals surface area (Å²) < 4.78 is 7.20. The summed E-state index contributed by atoms with van der Waals surface area (Å²) in [5.41, 5.74) is 3.97. The van der Waals surface area contributed by atoms with Crippen LogP contribution in [0.25, 0.3) is 5.78 Å². The van der Waals surface area contributed by atoms with Gasteiger partial charge in [0, 0.05) is 31.4 Å². The Morgan fingerprint density at radius 3 is 2.75 bits per heavy atom. The van der Waals surface area contributed by atoms with E-state index in [2.05, 4.69) is 21.6 Å². The molecule has 0 radical (unpaired) electrons. The standard InChI is InChI=1S/C21H25N5O2/c1-5-12-28-18-8-6-17(7-9-18)13-25(4)20(27)11-10-19-15(2)24-21-22-14-23-26(21)16(19)3/h5-9,14H,1,10-13H2,2-4H3. The van der Waals surface area contributed by atoms with Crippen LogP contribution in [0.15, 0.2) is 43.2 Å². The van der Waals surface area contributed by atoms with Crippen LogP contribution in [-0.4, -0.2) is 44.0 Å². The van der Waals surface area contributed by atoms with Crippen molar-refractivity contribution in [3.8, 4) is 5.75 Å². The molecule has 3 aromatic rings. The van der Waals surface area contributed by atoms with Crippen LogP contribution in [0.2, 0.25) is 0 Å². The van der Waals surface area contributed by atoms with Gasteiger partial charge in [0.25, 0.3) is 5.78 Å². The minimum atomic E-state index is 0.0875. The summed E-state index contributed by atoms with van der Waals surface area (Å²) in [7, 11) is 1.82. The van der Waals surface area contributed by atoms with Crippen molar-refractivity contribution in [3.63, 3.8) is 0 Å². The van der Waals surface area contributed by atoms with Crippen molar-refractivity contribution in [1.82, 2.24) is 24.5 Å². The van der Waals surface area contributed by atoms with Gasteiger partial charge >= 0.3 is 0 Å². The van der Waals surface area contributed by atoms with Gasteiger partial charge in [-0.15, -0.1) is 0 Å². The highest BCUT2D eigenvalue weighted by atomic mass is 16.5. The SMILES string of the molecule is C=CCOc1ccc(CN(C)C(=O)CCc2c(C)nc3ncnn3c2C)cc1. The Bertz CT molecular complexity index is 978. The average Bonchev–Trinajstić information content (AvgIpc) is 3.15. The van der Waals surface area contributed by atoms with Gasteiger partial charge in [0.05, 0.1) is 0 Å². The second-order valence-corrected chi connectivity index (χ2v) is 6.73. The fraction of sp³-hybridized carbons (Fsp3) is 0.333. The Hall–Kier alpha value is -3.22. The number of amides is 1. The number of ether oxygens (including phenoxy) is 1. The maximum absolute atomic E-state index is 12.6. The summed E-state index contributed by atoms with van der Waals surface area (Å²) in [6, 6.07) is 7.75. The van der Waals surface area contributed by atoms with Crippen LogP contribution < -0.4 is 4.74 Å². The van der Waals surface area contributed by atoms with Gasteiger partial charge in [-0.1, -0.05) is 24.8 Å². The third-order valence-corrected chi connectivity index (χ3v) is 4.71. The molecule has 3 rings (SSSR count). The number of hydrogen-bond donors (Lipinski definition) is 0. The van der Waals surface area contributed by atoms with Crippen LogP contribution in [0, 0.1) is 13.8 Å². The molecule has 146 valence electrons. The Labute approximate surface area is 164 Å². The van der Waals surface area contributed by atoms with Crippen LogP contribution in [0.5, 0.6) is 5.75 Å². The van der Waals surface area contributed by atoms with Crippen molar-refractivity contribution in [2.75, 3.05) is 13.7 Å². The van der Waals surface area contributed by atoms with Gasteiger partial charge in [-0.25, -0.2) is 9.50 Å². The number of nitrogens with zero attached hydrogens (tertiary/aromatic N) is 5. The van der Waals surface area contributed by atoms with E-state index >= 15 is 0 Å². The Morgan fingerprint density at radius 2 is 2.04 bits per heavy atom. The zero-order valence-electron chi connectivity index (χ0n) is 16.6. The van der Waals surface area contributed by atoms with Crippen molar-refractivity contribution in [3.05, 3.63) is 65.8 Å². The first-order valence-electron chi connectivity index (χ1n) is 9.22. The molecule has 7 nitrogen and oxygen atoms in total. The van der Waals surface area contributed by atoms with E-state index in [1.807, 2.05) is 45.2 Å². The van der Waals surface area contributed by atoms with Gasteiger partial charge in [-0.2, -0.15) is 10.1 Å². The van der Waals surface area contributed by atoms with Crippen molar-refractivity contribution < 1.29 is 9.53 Å². The summed E-state index contributed by atoms with van der Waals surface area (Å²) >= 11 is 0. The second-order valence-electron chi connectivity index (χ2n) is 6.73. The van der Waals surface area contributed by atoms with Crippen LogP contribution in [0.4, 0.5) is 0 Å². The normalized spacial score (nSPS) is 10.8. The van der Waals surface area contributed by atoms with Gasteiger partial charge in [0.15, 0.2) is 0 Å². The predicted molar refractivity (Wildman–Crippen MR) is 107 cm³/mol. The molecule has 0 unspecified atom stereocenters. The molecule has 0 aliphatic carbocycles. The summed E-state index contributed by atoms with van der Waals surface area (Å²) in [5.74, 6) is 1.46. The molecule has 0 atom stereocenters. The lowest BCUT2D eigenvalue weighted by Crippen LogP contribution is -2.26. The number of fused-ring (bicyclic) bond motifs is 1. The number of hydrogen-bond acceptors (Lipinski definition) is 5. The van der Waals surface area contributed by atoms with Crippen LogP contribution >= 0.6 is 0 Å². The van der Waals surface area contributed by atoms with E-state index in [1.54, 1.807) is 15.5 Å². The summed E-state index contributed by atoms with van der Waals surface area (Å²) in [5, 5.41) is 4.20. The molecule has 0 saturated heterocycles. The lowest BCUT2D eigenvalue weighted by atomic mass is 10.1. The zero-order valence-corrected chi connectivity index (χ0v) is 16.6. The quantitative estimate of drug-likeness (QED) is 0.563. The Kier molecular flexibility index (Phi) is 6.03. The van der Waals surface area contributed by atoms with Crippen molar-refractivity contribution in [2.24, 2.45) is 0 Å². The molecule has 0 aliphatic rings. The van der Waals surface area contributed by atoms with Gasteiger partial charge in [0.2, 0.25) is 5.91 Å². The maximum atomic E-state index is 12.6. The van der Waals surface area contributed by atoms with E-state index in [9.17, 15) is 4.79 Å². The number of benzene rings is 1. The minimum Gasteiger partial charge on any atom is -0.490 e. The number of carbonyl (C=O) groups is 1. The van der Waals surface area contributed by atoms with Crippen LogP contribution in [-0.2, 0) is 17.8 Å². The molecule has 2 heterocycles. The zero-order chi connectivity index (χ0) is 20.1. The fourth-order valence-corrected chi connectivity index (χ4v) is 3.15. The average molecular weight is 379 g/mol. The highest BCUT2D eigenvalue weighted by Crippen LogP contribution is 2.17. The summed E-state index contributed by atoms with van der Waals surface area (Å²) in [6.45, 7) is 8.59. The number of aryl methyl sites for hydroxylation is 2. The first-order chi connectivity index (χ1) is 13.5. The monoisotopic (exact) mass is 379 g/mol. The van der Waals surface area contributed by atoms with Crippen LogP contribution in [0.3, 0.4) is 0 Å². The molecule has 0 aliphatic heterocycles. The molecule has 28 heavy (non-hydrogen) atoms. The van der Waals surface area contributed by atoms with E-state index in [0.717, 1.165) is 28.3 Å². The maximum Gasteiger partial charge on any atom is 0.252 e. The third-order valence-electron chi connectivity index (χ3n) is 4.71. The van der Waals surface area contributed by atoms with Crippen molar-refractivity contribution >= 4 is 11.7 Å². The first kappa shape index (κ1) is 19.5. The number of rotatable bonds is 8. The Morgan fingerprint density at radius 1 is 1.29 bits per heavy atom. The number of carbonyl (C=O) groups excluding carboxylic acids is 1. The molecule has 0 saturated carbocycles. The molecule has 1 amide bonds. The van der Waals surface area contributed by atoms with E-state index in [4.69, 9.17) is 4.74 Å². The van der Waals surface area contributed by atoms with E-state index in [1.165, 1.54) is 6.33 Å². The smallest absolute Gasteiger partial charge is 0.252 e. The molecule has 0 spiro atoms. The molecule has 0 N–H and O–H groups in total. The third kappa shape index (κ3) is 4.36. The molecule has 1 aromatic carbocycles. The topological polar surface area (TPSA) is 72.6 Å². The number of aromatic nitrogens is 4. The minimum absolute atomic E-state index is 0.0875. The van der Waals surface area contributed by atoms with Crippen molar-refractivity contribution in [2.45, 2.75) is 33.2 Å². The van der Waals surface area contributed by atoms with E-state index < -0.39 is 0 Å². The van der Waals surface area contributed by atoms with Crippen molar-refractivity contribution in [1.29, 1.82) is 0 Å². The first-order valence-corrected chi connectivity index (χ1v) is 9.22. The fourth-order valence-electron chi connectivity index (χ4n) is 3.15. The van der Waals surface area contributed by atoms with Gasteiger partial charge < -0.3 is 9.64 Å². The molecule has 0 fully saturated rings. The lowest BCUT2D eigenvalue weighted by Gasteiger charge is -2.18. The highest BCUT2D eigenvalue weighted by molar-refractivity contribution is 5.76. The lowest BCUT2D eigenvalue weighted by molar-refractivity contribution is -0.130. The Balaban J connectivity index is 1.59. The molecular formula is C21H25N5O2. The molecule has 2 aromatic heterocycles. The van der Waals surface area contributed by atoms with E-state index in [-0.39, 0.29) is 5.91 Å². The molecule has 0 bridgehead atoms. The molecular weight excluding hydrogens is 354 g/mol. The largest absolute Gasteiger partial charge is 0.490 e. The summed E-state index contributed by atoms with van der Waals surface area (Å²) in [6.07, 6.45) is 4.24. The highest BCUT2D eigenvalue weighted by Gasteiger charge is 2.15. The van der Waals surface area contributed by atoms with Gasteiger partial charge in [-0.3, -0.25) is 4.79 Å². The second kappa shape index (κ2) is 8.65.